The third-order valence-electron chi connectivity index (χ3n) is 2.58. The summed E-state index contributed by atoms with van der Waals surface area (Å²) in [7, 11) is 0. The first kappa shape index (κ1) is 13.5. The fraction of sp³-hybridized carbons (Fsp3) is 0.917. The molecule has 2 unspecified atom stereocenters. The van der Waals surface area contributed by atoms with Crippen molar-refractivity contribution in [3.8, 4) is 0 Å². The molecule has 0 saturated carbocycles. The highest BCUT2D eigenvalue weighted by molar-refractivity contribution is 5.77. The maximum Gasteiger partial charge on any atom is 0.246 e. The molecule has 1 heterocycles. The quantitative estimate of drug-likeness (QED) is 0.759. The van der Waals surface area contributed by atoms with Gasteiger partial charge >= 0.3 is 0 Å². The van der Waals surface area contributed by atoms with E-state index in [1.807, 2.05) is 20.8 Å². The summed E-state index contributed by atoms with van der Waals surface area (Å²) in [5.41, 5.74) is -0.181. The molecular formula is C12H24N2O2. The molecule has 16 heavy (non-hydrogen) atoms. The minimum absolute atomic E-state index is 0.0360. The van der Waals surface area contributed by atoms with E-state index in [0.29, 0.717) is 6.04 Å². The van der Waals surface area contributed by atoms with Crippen LogP contribution in [0.4, 0.5) is 0 Å². The molecule has 0 spiro atoms. The van der Waals surface area contributed by atoms with Gasteiger partial charge in [-0.1, -0.05) is 0 Å². The molecular weight excluding hydrogens is 204 g/mol. The molecule has 1 amide bonds. The number of ether oxygens (including phenoxy) is 1. The van der Waals surface area contributed by atoms with Gasteiger partial charge in [0, 0.05) is 18.1 Å². The number of rotatable bonds is 3. The molecule has 2 atom stereocenters. The van der Waals surface area contributed by atoms with E-state index in [2.05, 4.69) is 17.6 Å². The van der Waals surface area contributed by atoms with Crippen LogP contribution in [-0.4, -0.2) is 36.7 Å². The molecule has 1 rings (SSSR count). The van der Waals surface area contributed by atoms with E-state index >= 15 is 0 Å². The normalized spacial score (nSPS) is 26.5. The molecule has 0 aliphatic carbocycles. The average molecular weight is 228 g/mol. The Morgan fingerprint density at radius 1 is 1.44 bits per heavy atom. The number of hydrogen-bond donors (Lipinski definition) is 2. The van der Waals surface area contributed by atoms with E-state index in [9.17, 15) is 4.79 Å². The molecule has 2 N–H and O–H groups in total. The lowest BCUT2D eigenvalue weighted by molar-refractivity contribution is -0.129. The van der Waals surface area contributed by atoms with Crippen molar-refractivity contribution >= 4 is 5.91 Å². The molecule has 0 aromatic rings. The summed E-state index contributed by atoms with van der Waals surface area (Å²) in [5, 5.41) is 6.23. The van der Waals surface area contributed by atoms with Crippen LogP contribution < -0.4 is 10.6 Å². The van der Waals surface area contributed by atoms with Gasteiger partial charge in [-0.25, -0.2) is 0 Å². The standard InChI is InChI=1S/C12H24N2O2/c1-9-5-6-10(7-13-9)16-8-11(15)14-12(2,3)4/h9-10,13H,5-8H2,1-4H3,(H,14,15). The first-order chi connectivity index (χ1) is 7.37. The summed E-state index contributed by atoms with van der Waals surface area (Å²) in [6.07, 6.45) is 2.34. The topological polar surface area (TPSA) is 50.4 Å². The second kappa shape index (κ2) is 5.64. The summed E-state index contributed by atoms with van der Waals surface area (Å²) in [6.45, 7) is 9.09. The summed E-state index contributed by atoms with van der Waals surface area (Å²) < 4.78 is 5.56. The Morgan fingerprint density at radius 3 is 2.62 bits per heavy atom. The maximum atomic E-state index is 11.5. The SMILES string of the molecule is CC1CCC(OCC(=O)NC(C)(C)C)CN1. The molecule has 1 saturated heterocycles. The van der Waals surface area contributed by atoms with Crippen LogP contribution in [0, 0.1) is 0 Å². The van der Waals surface area contributed by atoms with Gasteiger partial charge in [-0.15, -0.1) is 0 Å². The highest BCUT2D eigenvalue weighted by Crippen LogP contribution is 2.10. The summed E-state index contributed by atoms with van der Waals surface area (Å²) in [6, 6.07) is 0.572. The summed E-state index contributed by atoms with van der Waals surface area (Å²) in [4.78, 5) is 11.5. The molecule has 0 aromatic heterocycles. The van der Waals surface area contributed by atoms with Crippen molar-refractivity contribution in [3.05, 3.63) is 0 Å². The predicted octanol–water partition coefficient (Wildman–Crippen LogP) is 1.06. The van der Waals surface area contributed by atoms with Crippen LogP contribution in [0.2, 0.25) is 0 Å². The molecule has 4 heteroatoms. The highest BCUT2D eigenvalue weighted by Gasteiger charge is 2.20. The first-order valence-electron chi connectivity index (χ1n) is 6.03. The Bertz CT molecular complexity index is 228. The van der Waals surface area contributed by atoms with Gasteiger partial charge in [0.15, 0.2) is 0 Å². The third kappa shape index (κ3) is 5.47. The second-order valence-electron chi connectivity index (χ2n) is 5.62. The van der Waals surface area contributed by atoms with E-state index in [0.717, 1.165) is 19.4 Å². The van der Waals surface area contributed by atoms with Crippen LogP contribution in [-0.2, 0) is 9.53 Å². The molecule has 0 radical (unpaired) electrons. The van der Waals surface area contributed by atoms with E-state index in [1.165, 1.54) is 0 Å². The highest BCUT2D eigenvalue weighted by atomic mass is 16.5. The zero-order chi connectivity index (χ0) is 12.2. The maximum absolute atomic E-state index is 11.5. The lowest BCUT2D eigenvalue weighted by atomic mass is 10.0. The molecule has 94 valence electrons. The van der Waals surface area contributed by atoms with Crippen molar-refractivity contribution in [3.63, 3.8) is 0 Å². The van der Waals surface area contributed by atoms with Crippen LogP contribution in [0.25, 0.3) is 0 Å². The van der Waals surface area contributed by atoms with Gasteiger partial charge in [0.1, 0.15) is 6.61 Å². The zero-order valence-corrected chi connectivity index (χ0v) is 10.8. The van der Waals surface area contributed by atoms with Crippen molar-refractivity contribution < 1.29 is 9.53 Å². The largest absolute Gasteiger partial charge is 0.367 e. The van der Waals surface area contributed by atoms with Crippen LogP contribution >= 0.6 is 0 Å². The fourth-order valence-corrected chi connectivity index (χ4v) is 1.76. The Hall–Kier alpha value is -0.610. The van der Waals surface area contributed by atoms with Crippen LogP contribution in [0.3, 0.4) is 0 Å². The third-order valence-corrected chi connectivity index (χ3v) is 2.58. The lowest BCUT2D eigenvalue weighted by Gasteiger charge is -2.28. The smallest absolute Gasteiger partial charge is 0.246 e. The predicted molar refractivity (Wildman–Crippen MR) is 64.3 cm³/mol. The number of piperidine rings is 1. The fourth-order valence-electron chi connectivity index (χ4n) is 1.76. The van der Waals surface area contributed by atoms with Crippen LogP contribution in [0.5, 0.6) is 0 Å². The van der Waals surface area contributed by atoms with E-state index in [4.69, 9.17) is 4.74 Å². The number of carbonyl (C=O) groups excluding carboxylic acids is 1. The van der Waals surface area contributed by atoms with E-state index < -0.39 is 0 Å². The second-order valence-corrected chi connectivity index (χ2v) is 5.62. The number of carbonyl (C=O) groups is 1. The molecule has 0 aromatic carbocycles. The Morgan fingerprint density at radius 2 is 2.12 bits per heavy atom. The van der Waals surface area contributed by atoms with Gasteiger partial charge in [-0.3, -0.25) is 4.79 Å². The molecule has 1 aliphatic rings. The minimum Gasteiger partial charge on any atom is -0.367 e. The van der Waals surface area contributed by atoms with Gasteiger partial charge in [0.2, 0.25) is 5.91 Å². The van der Waals surface area contributed by atoms with Crippen molar-refractivity contribution in [1.82, 2.24) is 10.6 Å². The van der Waals surface area contributed by atoms with E-state index in [1.54, 1.807) is 0 Å². The van der Waals surface area contributed by atoms with Crippen molar-refractivity contribution in [2.75, 3.05) is 13.2 Å². The minimum atomic E-state index is -0.181. The van der Waals surface area contributed by atoms with Crippen molar-refractivity contribution in [2.45, 2.75) is 58.2 Å². The summed E-state index contributed by atoms with van der Waals surface area (Å²) >= 11 is 0. The number of hydrogen-bond acceptors (Lipinski definition) is 3. The van der Waals surface area contributed by atoms with E-state index in [-0.39, 0.29) is 24.2 Å². The van der Waals surface area contributed by atoms with Crippen LogP contribution in [0.15, 0.2) is 0 Å². The van der Waals surface area contributed by atoms with Crippen LogP contribution in [0.1, 0.15) is 40.5 Å². The van der Waals surface area contributed by atoms with Gasteiger partial charge in [0.05, 0.1) is 6.10 Å². The van der Waals surface area contributed by atoms with Gasteiger partial charge in [0.25, 0.3) is 0 Å². The Balaban J connectivity index is 2.17. The first-order valence-corrected chi connectivity index (χ1v) is 6.03. The average Bonchev–Trinajstić information content (AvgIpc) is 2.14. The van der Waals surface area contributed by atoms with Gasteiger partial charge < -0.3 is 15.4 Å². The molecule has 1 fully saturated rings. The Labute approximate surface area is 98.1 Å². The summed E-state index contributed by atoms with van der Waals surface area (Å²) in [5.74, 6) is -0.0360. The lowest BCUT2D eigenvalue weighted by Crippen LogP contribution is -2.45. The Kier molecular flexibility index (Phi) is 4.74. The van der Waals surface area contributed by atoms with Crippen molar-refractivity contribution in [2.24, 2.45) is 0 Å². The van der Waals surface area contributed by atoms with Gasteiger partial charge in [-0.2, -0.15) is 0 Å². The molecule has 1 aliphatic heterocycles. The molecule has 4 nitrogen and oxygen atoms in total. The number of nitrogens with one attached hydrogen (secondary N) is 2. The molecule has 0 bridgehead atoms. The number of amides is 1. The van der Waals surface area contributed by atoms with Gasteiger partial charge in [-0.05, 0) is 40.5 Å². The zero-order valence-electron chi connectivity index (χ0n) is 10.8. The monoisotopic (exact) mass is 228 g/mol. The van der Waals surface area contributed by atoms with Crippen molar-refractivity contribution in [1.29, 1.82) is 0 Å².